The summed E-state index contributed by atoms with van der Waals surface area (Å²) in [6, 6.07) is 7.68. The van der Waals surface area contributed by atoms with Gasteiger partial charge in [-0.25, -0.2) is 19.3 Å². The van der Waals surface area contributed by atoms with E-state index in [2.05, 4.69) is 26.8 Å². The van der Waals surface area contributed by atoms with Gasteiger partial charge < -0.3 is 4.42 Å². The van der Waals surface area contributed by atoms with Crippen LogP contribution in [-0.2, 0) is 13.6 Å². The number of aromatic nitrogens is 5. The van der Waals surface area contributed by atoms with Gasteiger partial charge in [0, 0.05) is 12.8 Å². The molecule has 4 aromatic rings. The number of hydrogen-bond acceptors (Lipinski definition) is 6. The standard InChI is InChI=1S/C21H24N6O3S/c1-13-7-9-26(10-8-13)19-23-17-16(18(28)24-20(29)25(17)2)27(19)11-12-31-21-22-14-5-3-4-6-15(14)30-21/h3-6,13H,7-12H2,1-2H3,(H,24,28,29)/p+1. The largest absolute Gasteiger partial charge is 0.431 e. The highest BCUT2D eigenvalue weighted by atomic mass is 32.2. The fourth-order valence-electron chi connectivity index (χ4n) is 4.11. The molecule has 0 bridgehead atoms. The Bertz CT molecular complexity index is 1330. The van der Waals surface area contributed by atoms with Crippen molar-refractivity contribution >= 4 is 40.0 Å². The van der Waals surface area contributed by atoms with Crippen molar-refractivity contribution < 1.29 is 8.98 Å². The zero-order chi connectivity index (χ0) is 21.5. The zero-order valence-electron chi connectivity index (χ0n) is 17.6. The van der Waals surface area contributed by atoms with Crippen molar-refractivity contribution in [1.29, 1.82) is 0 Å². The summed E-state index contributed by atoms with van der Waals surface area (Å²) >= 11 is 1.51. The minimum atomic E-state index is -0.425. The first-order valence-electron chi connectivity index (χ1n) is 10.5. The number of H-pyrrole nitrogens is 2. The molecule has 2 N–H and O–H groups in total. The van der Waals surface area contributed by atoms with Crippen LogP contribution in [0, 0.1) is 5.92 Å². The summed E-state index contributed by atoms with van der Waals surface area (Å²) in [5.74, 6) is 2.23. The monoisotopic (exact) mass is 441 g/mol. The fraction of sp³-hybridized carbons (Fsp3) is 0.429. The van der Waals surface area contributed by atoms with Gasteiger partial charge in [-0.2, -0.15) is 0 Å². The molecule has 0 spiro atoms. The number of fused-ring (bicyclic) bond motifs is 2. The van der Waals surface area contributed by atoms with Gasteiger partial charge in [0.1, 0.15) is 5.52 Å². The van der Waals surface area contributed by atoms with Crippen LogP contribution in [-0.4, -0.2) is 38.4 Å². The third kappa shape index (κ3) is 3.65. The number of oxazole rings is 1. The van der Waals surface area contributed by atoms with Crippen LogP contribution >= 0.6 is 11.8 Å². The van der Waals surface area contributed by atoms with Crippen LogP contribution < -0.4 is 20.7 Å². The first-order chi connectivity index (χ1) is 15.0. The van der Waals surface area contributed by atoms with Crippen LogP contribution in [0.15, 0.2) is 43.5 Å². The molecule has 162 valence electrons. The summed E-state index contributed by atoms with van der Waals surface area (Å²) in [5, 5.41) is 0.608. The van der Waals surface area contributed by atoms with Crippen molar-refractivity contribution in [2.45, 2.75) is 31.5 Å². The van der Waals surface area contributed by atoms with Crippen molar-refractivity contribution in [1.82, 2.24) is 19.5 Å². The van der Waals surface area contributed by atoms with Gasteiger partial charge in [0.25, 0.3) is 10.8 Å². The summed E-state index contributed by atoms with van der Waals surface area (Å²) in [5.41, 5.74) is 1.81. The van der Waals surface area contributed by atoms with Gasteiger partial charge in [-0.15, -0.1) is 0 Å². The summed E-state index contributed by atoms with van der Waals surface area (Å²) < 4.78 is 9.24. The van der Waals surface area contributed by atoms with E-state index >= 15 is 0 Å². The summed E-state index contributed by atoms with van der Waals surface area (Å²) in [6.45, 7) is 4.67. The SMILES string of the molecule is CC1CCN(c2[nH]c3c(c(=O)[nH]c(=O)n3C)[n+]2CCSc2nc3ccccc3o2)CC1. The van der Waals surface area contributed by atoms with Gasteiger partial charge in [0.05, 0.1) is 19.6 Å². The van der Waals surface area contributed by atoms with E-state index in [-0.39, 0.29) is 5.56 Å². The number of imidazole rings is 1. The van der Waals surface area contributed by atoms with Crippen LogP contribution in [0.3, 0.4) is 0 Å². The van der Waals surface area contributed by atoms with Crippen molar-refractivity contribution in [3.05, 3.63) is 45.1 Å². The normalized spacial score (nSPS) is 15.4. The van der Waals surface area contributed by atoms with E-state index in [1.165, 1.54) is 16.3 Å². The Balaban J connectivity index is 1.48. The number of para-hydroxylation sites is 2. The van der Waals surface area contributed by atoms with Crippen molar-refractivity contribution in [2.24, 2.45) is 13.0 Å². The number of thioether (sulfide) groups is 1. The fourth-order valence-corrected chi connectivity index (χ4v) is 4.87. The maximum atomic E-state index is 12.7. The first-order valence-corrected chi connectivity index (χ1v) is 11.5. The number of rotatable bonds is 5. The molecular weight excluding hydrogens is 416 g/mol. The molecule has 31 heavy (non-hydrogen) atoms. The predicted molar refractivity (Wildman–Crippen MR) is 120 cm³/mol. The second-order valence-corrected chi connectivity index (χ2v) is 9.13. The zero-order valence-corrected chi connectivity index (χ0v) is 18.4. The number of benzene rings is 1. The van der Waals surface area contributed by atoms with Crippen molar-refractivity contribution in [3.8, 4) is 0 Å². The Hall–Kier alpha value is -3.01. The van der Waals surface area contributed by atoms with Gasteiger partial charge >= 0.3 is 11.6 Å². The molecule has 0 saturated carbocycles. The van der Waals surface area contributed by atoms with E-state index in [1.807, 2.05) is 28.8 Å². The number of anilines is 1. The maximum Gasteiger partial charge on any atom is 0.359 e. The van der Waals surface area contributed by atoms with Gasteiger partial charge in [0.2, 0.25) is 11.2 Å². The van der Waals surface area contributed by atoms with E-state index < -0.39 is 5.69 Å². The molecular formula is C21H25N6O3S+. The third-order valence-electron chi connectivity index (χ3n) is 5.95. The lowest BCUT2D eigenvalue weighted by atomic mass is 10.00. The predicted octanol–water partition coefficient (Wildman–Crippen LogP) is 2.01. The minimum Gasteiger partial charge on any atom is -0.431 e. The number of hydrogen-bond donors (Lipinski definition) is 2. The highest BCUT2D eigenvalue weighted by Crippen LogP contribution is 2.24. The van der Waals surface area contributed by atoms with E-state index in [0.717, 1.165) is 43.0 Å². The average molecular weight is 442 g/mol. The molecule has 0 amide bonds. The van der Waals surface area contributed by atoms with Crippen LogP contribution in [0.2, 0.25) is 0 Å². The Morgan fingerprint density at radius 2 is 2.00 bits per heavy atom. The molecule has 0 unspecified atom stereocenters. The summed E-state index contributed by atoms with van der Waals surface area (Å²) in [6.07, 6.45) is 2.20. The highest BCUT2D eigenvalue weighted by molar-refractivity contribution is 7.99. The number of nitrogens with zero attached hydrogens (tertiary/aromatic N) is 4. The number of nitrogens with one attached hydrogen (secondary N) is 2. The summed E-state index contributed by atoms with van der Waals surface area (Å²) in [7, 11) is 1.66. The van der Waals surface area contributed by atoms with Gasteiger partial charge in [-0.05, 0) is 30.9 Å². The van der Waals surface area contributed by atoms with Gasteiger partial charge in [-0.1, -0.05) is 30.8 Å². The lowest BCUT2D eigenvalue weighted by Crippen LogP contribution is -2.47. The molecule has 9 nitrogen and oxygen atoms in total. The molecule has 1 aliphatic heterocycles. The Labute approximate surface area is 182 Å². The van der Waals surface area contributed by atoms with Crippen LogP contribution in [0.1, 0.15) is 19.8 Å². The molecule has 3 aromatic heterocycles. The van der Waals surface area contributed by atoms with Crippen LogP contribution in [0.4, 0.5) is 5.95 Å². The Morgan fingerprint density at radius 1 is 1.23 bits per heavy atom. The second kappa shape index (κ2) is 7.92. The molecule has 1 fully saturated rings. The molecule has 10 heteroatoms. The number of aryl methyl sites for hydroxylation is 2. The second-order valence-electron chi connectivity index (χ2n) is 8.08. The average Bonchev–Trinajstić information content (AvgIpc) is 3.34. The first kappa shape index (κ1) is 19.9. The lowest BCUT2D eigenvalue weighted by molar-refractivity contribution is -0.654. The quantitative estimate of drug-likeness (QED) is 0.363. The van der Waals surface area contributed by atoms with Crippen molar-refractivity contribution in [3.63, 3.8) is 0 Å². The van der Waals surface area contributed by atoms with E-state index in [1.54, 1.807) is 7.05 Å². The molecule has 4 heterocycles. The number of aromatic amines is 2. The highest BCUT2D eigenvalue weighted by Gasteiger charge is 2.30. The maximum absolute atomic E-state index is 12.7. The van der Waals surface area contributed by atoms with E-state index in [9.17, 15) is 9.59 Å². The van der Waals surface area contributed by atoms with Crippen LogP contribution in [0.5, 0.6) is 0 Å². The third-order valence-corrected chi connectivity index (χ3v) is 6.76. The molecule has 1 aliphatic rings. The summed E-state index contributed by atoms with van der Waals surface area (Å²) in [4.78, 5) is 37.4. The van der Waals surface area contributed by atoms with Crippen molar-refractivity contribution in [2.75, 3.05) is 23.7 Å². The smallest absolute Gasteiger partial charge is 0.359 e. The molecule has 0 radical (unpaired) electrons. The molecule has 0 atom stereocenters. The topological polar surface area (TPSA) is 104 Å². The van der Waals surface area contributed by atoms with Gasteiger partial charge in [-0.3, -0.25) is 19.2 Å². The molecule has 1 aromatic carbocycles. The van der Waals surface area contributed by atoms with Gasteiger partial charge in [0.15, 0.2) is 5.58 Å². The van der Waals surface area contributed by atoms with E-state index in [0.29, 0.717) is 34.6 Å². The van der Waals surface area contributed by atoms with Crippen LogP contribution in [0.25, 0.3) is 22.3 Å². The lowest BCUT2D eigenvalue weighted by Gasteiger charge is -2.26. The minimum absolute atomic E-state index is 0.377. The Morgan fingerprint density at radius 3 is 2.77 bits per heavy atom. The molecule has 0 aliphatic carbocycles. The van der Waals surface area contributed by atoms with E-state index in [4.69, 9.17) is 4.42 Å². The molecule has 5 rings (SSSR count). The number of piperidine rings is 1. The molecule has 1 saturated heterocycles. The Kier molecular flexibility index (Phi) is 5.09.